The van der Waals surface area contributed by atoms with Crippen LogP contribution in [0.25, 0.3) is 0 Å². The molecule has 5 heteroatoms. The van der Waals surface area contributed by atoms with Crippen LogP contribution in [0.3, 0.4) is 0 Å². The van der Waals surface area contributed by atoms with Crippen molar-refractivity contribution in [2.45, 2.75) is 39.0 Å². The molecule has 0 saturated carbocycles. The fourth-order valence-corrected chi connectivity index (χ4v) is 2.01. The number of aliphatic hydroxyl groups is 1. The van der Waals surface area contributed by atoms with Crippen molar-refractivity contribution >= 4 is 0 Å². The van der Waals surface area contributed by atoms with E-state index < -0.39 is 17.8 Å². The SMILES string of the molecule is CCC(CC)CNCC(O)c1ccc(C(F)(F)F)cc1. The van der Waals surface area contributed by atoms with Crippen molar-refractivity contribution in [1.82, 2.24) is 5.32 Å². The molecule has 1 aromatic rings. The van der Waals surface area contributed by atoms with E-state index in [1.807, 2.05) is 0 Å². The van der Waals surface area contributed by atoms with Gasteiger partial charge in [-0.25, -0.2) is 0 Å². The van der Waals surface area contributed by atoms with Gasteiger partial charge in [-0.3, -0.25) is 0 Å². The lowest BCUT2D eigenvalue weighted by molar-refractivity contribution is -0.137. The molecule has 1 atom stereocenters. The average molecular weight is 289 g/mol. The molecule has 0 spiro atoms. The molecule has 0 aliphatic heterocycles. The van der Waals surface area contributed by atoms with E-state index in [0.29, 0.717) is 18.0 Å². The third kappa shape index (κ3) is 5.13. The van der Waals surface area contributed by atoms with E-state index in [9.17, 15) is 18.3 Å². The molecule has 0 heterocycles. The summed E-state index contributed by atoms with van der Waals surface area (Å²) in [5.74, 6) is 0.565. The first-order valence-corrected chi connectivity index (χ1v) is 6.94. The second-order valence-electron chi connectivity index (χ2n) is 4.98. The van der Waals surface area contributed by atoms with Crippen LogP contribution < -0.4 is 5.32 Å². The highest BCUT2D eigenvalue weighted by molar-refractivity contribution is 5.26. The van der Waals surface area contributed by atoms with Crippen LogP contribution in [-0.2, 0) is 6.18 Å². The molecule has 0 aliphatic rings. The van der Waals surface area contributed by atoms with Crippen LogP contribution in [0.2, 0.25) is 0 Å². The number of hydrogen-bond acceptors (Lipinski definition) is 2. The molecular formula is C15H22F3NO. The molecule has 0 bridgehead atoms. The van der Waals surface area contributed by atoms with E-state index >= 15 is 0 Å². The van der Waals surface area contributed by atoms with Crippen LogP contribution in [0.5, 0.6) is 0 Å². The first kappa shape index (κ1) is 17.0. The second-order valence-corrected chi connectivity index (χ2v) is 4.98. The Kier molecular flexibility index (Phi) is 6.49. The predicted octanol–water partition coefficient (Wildman–Crippen LogP) is 3.76. The molecule has 1 rings (SSSR count). The number of aliphatic hydroxyl groups excluding tert-OH is 1. The van der Waals surface area contributed by atoms with E-state index in [-0.39, 0.29) is 0 Å². The summed E-state index contributed by atoms with van der Waals surface area (Å²) in [7, 11) is 0. The van der Waals surface area contributed by atoms with Gasteiger partial charge in [-0.15, -0.1) is 0 Å². The summed E-state index contributed by atoms with van der Waals surface area (Å²) in [6.45, 7) is 5.39. The fraction of sp³-hybridized carbons (Fsp3) is 0.600. The Hall–Kier alpha value is -1.07. The van der Waals surface area contributed by atoms with Crippen LogP contribution in [0.15, 0.2) is 24.3 Å². The topological polar surface area (TPSA) is 32.3 Å². The van der Waals surface area contributed by atoms with Crippen molar-refractivity contribution in [2.24, 2.45) is 5.92 Å². The maximum absolute atomic E-state index is 12.4. The normalized spacial score (nSPS) is 13.8. The smallest absolute Gasteiger partial charge is 0.387 e. The van der Waals surface area contributed by atoms with Gasteiger partial charge in [-0.2, -0.15) is 13.2 Å². The molecular weight excluding hydrogens is 267 g/mol. The highest BCUT2D eigenvalue weighted by Gasteiger charge is 2.30. The second kappa shape index (κ2) is 7.64. The summed E-state index contributed by atoms with van der Waals surface area (Å²) in [6, 6.07) is 4.65. The molecule has 20 heavy (non-hydrogen) atoms. The van der Waals surface area contributed by atoms with Gasteiger partial charge in [0.2, 0.25) is 0 Å². The van der Waals surface area contributed by atoms with Crippen molar-refractivity contribution in [3.05, 3.63) is 35.4 Å². The molecule has 0 radical (unpaired) electrons. The number of benzene rings is 1. The third-order valence-corrected chi connectivity index (χ3v) is 3.55. The van der Waals surface area contributed by atoms with E-state index in [0.717, 1.165) is 31.5 Å². The van der Waals surface area contributed by atoms with Crippen molar-refractivity contribution in [1.29, 1.82) is 0 Å². The van der Waals surface area contributed by atoms with Gasteiger partial charge in [0, 0.05) is 6.54 Å². The maximum Gasteiger partial charge on any atom is 0.416 e. The van der Waals surface area contributed by atoms with Gasteiger partial charge in [-0.05, 0) is 30.2 Å². The molecule has 1 aromatic carbocycles. The Morgan fingerprint density at radius 3 is 2.05 bits per heavy atom. The number of nitrogens with one attached hydrogen (secondary N) is 1. The summed E-state index contributed by atoms with van der Waals surface area (Å²) < 4.78 is 37.2. The number of rotatable bonds is 7. The molecule has 0 aliphatic carbocycles. The van der Waals surface area contributed by atoms with Gasteiger partial charge < -0.3 is 10.4 Å². The lowest BCUT2D eigenvalue weighted by Gasteiger charge is -2.17. The summed E-state index contributed by atoms with van der Waals surface area (Å²) >= 11 is 0. The lowest BCUT2D eigenvalue weighted by atomic mass is 10.0. The predicted molar refractivity (Wildman–Crippen MR) is 73.3 cm³/mol. The molecule has 2 nitrogen and oxygen atoms in total. The van der Waals surface area contributed by atoms with Gasteiger partial charge in [0.25, 0.3) is 0 Å². The Morgan fingerprint density at radius 2 is 1.60 bits per heavy atom. The number of alkyl halides is 3. The largest absolute Gasteiger partial charge is 0.416 e. The van der Waals surface area contributed by atoms with Crippen molar-refractivity contribution in [2.75, 3.05) is 13.1 Å². The summed E-state index contributed by atoms with van der Waals surface area (Å²) in [5.41, 5.74) is -0.200. The zero-order valence-electron chi connectivity index (χ0n) is 11.9. The fourth-order valence-electron chi connectivity index (χ4n) is 2.01. The van der Waals surface area contributed by atoms with Gasteiger partial charge >= 0.3 is 6.18 Å². The van der Waals surface area contributed by atoms with E-state index in [1.165, 1.54) is 12.1 Å². The van der Waals surface area contributed by atoms with Gasteiger partial charge in [-0.1, -0.05) is 38.8 Å². The van der Waals surface area contributed by atoms with Gasteiger partial charge in [0.05, 0.1) is 11.7 Å². The maximum atomic E-state index is 12.4. The van der Waals surface area contributed by atoms with Gasteiger partial charge in [0.1, 0.15) is 0 Å². The Balaban J connectivity index is 2.49. The first-order chi connectivity index (χ1) is 9.38. The zero-order valence-corrected chi connectivity index (χ0v) is 11.9. The van der Waals surface area contributed by atoms with E-state index in [4.69, 9.17) is 0 Å². The zero-order chi connectivity index (χ0) is 15.2. The molecule has 2 N–H and O–H groups in total. The average Bonchev–Trinajstić information content (AvgIpc) is 2.42. The minimum atomic E-state index is -4.34. The summed E-state index contributed by atoms with van der Waals surface area (Å²) in [5, 5.41) is 13.1. The highest BCUT2D eigenvalue weighted by atomic mass is 19.4. The number of hydrogen-bond donors (Lipinski definition) is 2. The highest BCUT2D eigenvalue weighted by Crippen LogP contribution is 2.29. The summed E-state index contributed by atoms with van der Waals surface area (Å²) in [6.07, 6.45) is -2.98. The quantitative estimate of drug-likeness (QED) is 0.801. The standard InChI is InChI=1S/C15H22F3NO/c1-3-11(4-2)9-19-10-14(20)12-5-7-13(8-6-12)15(16,17)18/h5-8,11,14,19-20H,3-4,9-10H2,1-2H3. The van der Waals surface area contributed by atoms with Crippen LogP contribution >= 0.6 is 0 Å². The third-order valence-electron chi connectivity index (χ3n) is 3.55. The van der Waals surface area contributed by atoms with E-state index in [1.54, 1.807) is 0 Å². The molecule has 114 valence electrons. The van der Waals surface area contributed by atoms with Crippen LogP contribution in [0.1, 0.15) is 43.9 Å². The Labute approximate surface area is 118 Å². The monoisotopic (exact) mass is 289 g/mol. The molecule has 0 fully saturated rings. The Morgan fingerprint density at radius 1 is 1.05 bits per heavy atom. The van der Waals surface area contributed by atoms with Gasteiger partial charge in [0.15, 0.2) is 0 Å². The molecule has 1 unspecified atom stereocenters. The molecule has 0 aromatic heterocycles. The van der Waals surface area contributed by atoms with Crippen molar-refractivity contribution < 1.29 is 18.3 Å². The first-order valence-electron chi connectivity index (χ1n) is 6.94. The summed E-state index contributed by atoms with van der Waals surface area (Å²) in [4.78, 5) is 0. The molecule has 0 saturated heterocycles. The van der Waals surface area contributed by atoms with Crippen molar-refractivity contribution in [3.63, 3.8) is 0 Å². The number of halogens is 3. The van der Waals surface area contributed by atoms with Crippen LogP contribution in [0, 0.1) is 5.92 Å². The molecule has 0 amide bonds. The van der Waals surface area contributed by atoms with E-state index in [2.05, 4.69) is 19.2 Å². The Bertz CT molecular complexity index is 385. The van der Waals surface area contributed by atoms with Crippen LogP contribution in [-0.4, -0.2) is 18.2 Å². The van der Waals surface area contributed by atoms with Crippen LogP contribution in [0.4, 0.5) is 13.2 Å². The minimum Gasteiger partial charge on any atom is -0.387 e. The van der Waals surface area contributed by atoms with Crippen molar-refractivity contribution in [3.8, 4) is 0 Å². The minimum absolute atomic E-state index is 0.349. The lowest BCUT2D eigenvalue weighted by Crippen LogP contribution is -2.27.